The van der Waals surface area contributed by atoms with E-state index in [1.165, 1.54) is 35.0 Å². The van der Waals surface area contributed by atoms with Gasteiger partial charge in [-0.05, 0) is 28.8 Å². The van der Waals surface area contributed by atoms with Crippen LogP contribution in [0, 0.1) is 0 Å². The number of anilines is 1. The number of carbonyl (C=O) groups excluding carboxylic acids is 1. The summed E-state index contributed by atoms with van der Waals surface area (Å²) in [5.41, 5.74) is 2.43. The minimum atomic E-state index is -0.0711. The third-order valence-electron chi connectivity index (χ3n) is 5.77. The minimum absolute atomic E-state index is 0.0711. The molecule has 0 unspecified atom stereocenters. The first-order valence-electron chi connectivity index (χ1n) is 10.7. The van der Waals surface area contributed by atoms with Crippen LogP contribution in [0.2, 0.25) is 0 Å². The van der Waals surface area contributed by atoms with Crippen molar-refractivity contribution < 1.29 is 4.79 Å². The molecule has 1 aliphatic carbocycles. The van der Waals surface area contributed by atoms with Gasteiger partial charge in [-0.15, -0.1) is 16.4 Å². The number of hydrogen-bond acceptors (Lipinski definition) is 8. The van der Waals surface area contributed by atoms with Crippen molar-refractivity contribution in [3.05, 3.63) is 46.5 Å². The van der Waals surface area contributed by atoms with Gasteiger partial charge in [-0.1, -0.05) is 54.9 Å². The highest BCUT2D eigenvalue weighted by Gasteiger charge is 2.23. The van der Waals surface area contributed by atoms with Crippen LogP contribution in [0.3, 0.4) is 0 Å². The summed E-state index contributed by atoms with van der Waals surface area (Å²) < 4.78 is 1.88. The van der Waals surface area contributed by atoms with Gasteiger partial charge in [0.2, 0.25) is 11.1 Å². The van der Waals surface area contributed by atoms with Crippen molar-refractivity contribution in [3.8, 4) is 0 Å². The maximum Gasteiger partial charge on any atom is 0.236 e. The second-order valence-corrected chi connectivity index (χ2v) is 10.0. The van der Waals surface area contributed by atoms with Gasteiger partial charge in [0.15, 0.2) is 5.13 Å². The molecule has 0 radical (unpaired) electrons. The zero-order chi connectivity index (χ0) is 21.0. The summed E-state index contributed by atoms with van der Waals surface area (Å²) in [4.78, 5) is 20.8. The van der Waals surface area contributed by atoms with Crippen LogP contribution in [0.1, 0.15) is 47.9 Å². The van der Waals surface area contributed by atoms with Crippen molar-refractivity contribution in [3.63, 3.8) is 0 Å². The minimum Gasteiger partial charge on any atom is -0.301 e. The number of amides is 1. The van der Waals surface area contributed by atoms with Gasteiger partial charge >= 0.3 is 0 Å². The fourth-order valence-electron chi connectivity index (χ4n) is 4.22. The zero-order valence-electron chi connectivity index (χ0n) is 17.2. The van der Waals surface area contributed by atoms with Crippen LogP contribution in [0.15, 0.2) is 35.5 Å². The van der Waals surface area contributed by atoms with E-state index in [0.717, 1.165) is 49.7 Å². The number of hydrogen-bond donors (Lipinski definition) is 1. The van der Waals surface area contributed by atoms with Gasteiger partial charge in [-0.2, -0.15) is 0 Å². The molecule has 5 rings (SSSR count). The Hall–Kier alpha value is -2.30. The van der Waals surface area contributed by atoms with E-state index < -0.39 is 0 Å². The van der Waals surface area contributed by atoms with Crippen LogP contribution in [0.4, 0.5) is 5.13 Å². The van der Waals surface area contributed by atoms with Gasteiger partial charge in [0.05, 0.1) is 17.5 Å². The monoisotopic (exact) mass is 455 g/mol. The van der Waals surface area contributed by atoms with Gasteiger partial charge < -0.3 is 5.32 Å². The van der Waals surface area contributed by atoms with Crippen LogP contribution in [0.5, 0.6) is 0 Å². The molecule has 0 saturated heterocycles. The summed E-state index contributed by atoms with van der Waals surface area (Å²) in [6.07, 6.45) is 5.56. The number of rotatable bonds is 7. The molecule has 162 valence electrons. The van der Waals surface area contributed by atoms with E-state index in [1.54, 1.807) is 11.3 Å². The topological polar surface area (TPSA) is 88.8 Å². The number of thioether (sulfide) groups is 1. The van der Waals surface area contributed by atoms with Gasteiger partial charge in [-0.25, -0.2) is 9.67 Å². The normalized spacial score (nSPS) is 17.0. The summed E-state index contributed by atoms with van der Waals surface area (Å²) in [6, 6.07) is 10.9. The molecular formula is C21H25N7OS2. The largest absolute Gasteiger partial charge is 0.301 e. The molecule has 8 nitrogen and oxygen atoms in total. The Labute approximate surface area is 189 Å². The molecule has 10 heteroatoms. The van der Waals surface area contributed by atoms with Crippen LogP contribution < -0.4 is 5.32 Å². The number of carbonyl (C=O) groups is 1. The van der Waals surface area contributed by atoms with E-state index in [9.17, 15) is 4.79 Å². The fourth-order valence-corrected chi connectivity index (χ4v) is 6.03. The predicted octanol–water partition coefficient (Wildman–Crippen LogP) is 3.53. The number of tetrazole rings is 1. The Morgan fingerprint density at radius 1 is 1.23 bits per heavy atom. The summed E-state index contributed by atoms with van der Waals surface area (Å²) in [6.45, 7) is 2.80. The highest BCUT2D eigenvalue weighted by atomic mass is 32.2. The van der Waals surface area contributed by atoms with Crippen LogP contribution >= 0.6 is 23.1 Å². The lowest BCUT2D eigenvalue weighted by Crippen LogP contribution is -2.29. The van der Waals surface area contributed by atoms with Crippen molar-refractivity contribution in [2.24, 2.45) is 0 Å². The lowest BCUT2D eigenvalue weighted by molar-refractivity contribution is -0.113. The molecule has 1 aliphatic heterocycles. The van der Waals surface area contributed by atoms with E-state index in [-0.39, 0.29) is 11.7 Å². The molecule has 31 heavy (non-hydrogen) atoms. The lowest BCUT2D eigenvalue weighted by atomic mass is 10.1. The zero-order valence-corrected chi connectivity index (χ0v) is 18.9. The number of nitrogens with one attached hydrogen (secondary N) is 1. The SMILES string of the molecule is O=C(CSc1nnnn1C1CCCC1)Nc1nc2c(s1)CN(Cc1ccccc1)CC2. The van der Waals surface area contributed by atoms with E-state index in [1.807, 2.05) is 10.7 Å². The molecule has 1 aromatic carbocycles. The number of nitrogens with zero attached hydrogens (tertiary/aromatic N) is 6. The third kappa shape index (κ3) is 4.97. The van der Waals surface area contributed by atoms with Gasteiger partial charge in [0.1, 0.15) is 0 Å². The second kappa shape index (κ2) is 9.46. The average Bonchev–Trinajstić information content (AvgIpc) is 3.52. The first kappa shape index (κ1) is 20.6. The Morgan fingerprint density at radius 3 is 2.90 bits per heavy atom. The quantitative estimate of drug-likeness (QED) is 0.545. The maximum absolute atomic E-state index is 12.5. The maximum atomic E-state index is 12.5. The van der Waals surface area contributed by atoms with E-state index in [2.05, 4.69) is 55.0 Å². The van der Waals surface area contributed by atoms with Crippen molar-refractivity contribution in [1.29, 1.82) is 0 Å². The number of aromatic nitrogens is 5. The Morgan fingerprint density at radius 2 is 2.06 bits per heavy atom. The third-order valence-corrected chi connectivity index (χ3v) is 7.70. The van der Waals surface area contributed by atoms with Crippen molar-refractivity contribution in [2.45, 2.75) is 56.4 Å². The highest BCUT2D eigenvalue weighted by Crippen LogP contribution is 2.32. The molecule has 0 atom stereocenters. The summed E-state index contributed by atoms with van der Waals surface area (Å²) >= 11 is 2.97. The molecule has 1 saturated carbocycles. The smallest absolute Gasteiger partial charge is 0.236 e. The molecule has 3 aromatic rings. The van der Waals surface area contributed by atoms with Gasteiger partial charge in [-0.3, -0.25) is 9.69 Å². The predicted molar refractivity (Wildman–Crippen MR) is 121 cm³/mol. The lowest BCUT2D eigenvalue weighted by Gasteiger charge is -2.25. The first-order valence-corrected chi connectivity index (χ1v) is 12.5. The number of thiazole rings is 1. The number of benzene rings is 1. The second-order valence-electron chi connectivity index (χ2n) is 8.02. The summed E-state index contributed by atoms with van der Waals surface area (Å²) in [7, 11) is 0. The summed E-state index contributed by atoms with van der Waals surface area (Å²) in [5, 5.41) is 16.4. The molecule has 1 fully saturated rings. The molecule has 2 aromatic heterocycles. The molecule has 2 aliphatic rings. The standard InChI is InChI=1S/C21H25N7OS2/c29-19(14-30-21-24-25-26-28(21)16-8-4-5-9-16)23-20-22-17-10-11-27(13-18(17)31-20)12-15-6-2-1-3-7-15/h1-3,6-7,16H,4-5,8-14H2,(H,22,23,29). The molecule has 1 N–H and O–H groups in total. The molecule has 1 amide bonds. The fraction of sp³-hybridized carbons (Fsp3) is 0.476. The van der Waals surface area contributed by atoms with Crippen molar-refractivity contribution >= 4 is 34.1 Å². The van der Waals surface area contributed by atoms with E-state index >= 15 is 0 Å². The molecule has 3 heterocycles. The molecule has 0 bridgehead atoms. The Bertz CT molecular complexity index is 1030. The van der Waals surface area contributed by atoms with Crippen molar-refractivity contribution in [1.82, 2.24) is 30.1 Å². The van der Waals surface area contributed by atoms with E-state index in [4.69, 9.17) is 0 Å². The van der Waals surface area contributed by atoms with E-state index in [0.29, 0.717) is 11.2 Å². The molecule has 0 spiro atoms. The Balaban J connectivity index is 1.15. The highest BCUT2D eigenvalue weighted by molar-refractivity contribution is 7.99. The van der Waals surface area contributed by atoms with Crippen LogP contribution in [-0.4, -0.2) is 48.3 Å². The molecular weight excluding hydrogens is 430 g/mol. The average molecular weight is 456 g/mol. The Kier molecular flexibility index (Phi) is 6.28. The number of fused-ring (bicyclic) bond motifs is 1. The first-order chi connectivity index (χ1) is 15.2. The van der Waals surface area contributed by atoms with Gasteiger partial charge in [0.25, 0.3) is 0 Å². The van der Waals surface area contributed by atoms with Crippen molar-refractivity contribution in [2.75, 3.05) is 17.6 Å². The summed E-state index contributed by atoms with van der Waals surface area (Å²) in [5.74, 6) is 0.204. The van der Waals surface area contributed by atoms with Crippen LogP contribution in [-0.2, 0) is 24.3 Å². The van der Waals surface area contributed by atoms with Crippen LogP contribution in [0.25, 0.3) is 0 Å². The van der Waals surface area contributed by atoms with Gasteiger partial charge in [0, 0.05) is 30.9 Å².